The predicted molar refractivity (Wildman–Crippen MR) is 365 cm³/mol. The van der Waals surface area contributed by atoms with Crippen molar-refractivity contribution in [1.82, 2.24) is 5.32 Å². The third kappa shape index (κ3) is 36.6. The molecule has 0 bridgehead atoms. The van der Waals surface area contributed by atoms with Gasteiger partial charge in [0.05, 0.1) is 38.6 Å². The number of carbonyl (C=O) groups is 1. The van der Waals surface area contributed by atoms with Gasteiger partial charge < -0.3 is 89.9 Å². The van der Waals surface area contributed by atoms with Crippen LogP contribution in [0.4, 0.5) is 0 Å². The molecule has 1 amide bonds. The standard InChI is InChI=1S/C74H131NO18/c1-3-5-7-9-11-13-15-17-19-20-21-22-23-24-25-26-27-28-29-30-31-32-33-34-35-36-38-40-42-44-46-48-50-52-62(80)75-57(58(79)51-49-47-45-43-41-39-37-18-16-14-12-10-8-6-4-2)56-88-72-68(86)65(83)70(60(54-77)90-72)93-74-69(87)66(84)71(61(55-78)91-74)92-73-67(85)64(82)63(81)59(53-76)89-73/h15-18,20-21,23-24,41,43,49,51,57-61,63-74,76-79,81-87H,3-14,19,22,25-40,42,44-48,50,52-56H2,1-2H3,(H,75,80)/b17-15-,18-16+,21-20-,24-23-,43-41+,51-49+. The van der Waals surface area contributed by atoms with Gasteiger partial charge in [-0.2, -0.15) is 0 Å². The Morgan fingerprint density at radius 1 is 0.387 bits per heavy atom. The van der Waals surface area contributed by atoms with E-state index in [0.717, 1.165) is 57.8 Å². The van der Waals surface area contributed by atoms with Gasteiger partial charge in [-0.3, -0.25) is 4.79 Å². The van der Waals surface area contributed by atoms with Gasteiger partial charge in [-0.25, -0.2) is 0 Å². The van der Waals surface area contributed by atoms with Crippen LogP contribution in [0.15, 0.2) is 72.9 Å². The molecule has 0 saturated carbocycles. The molecule has 19 nitrogen and oxygen atoms in total. The van der Waals surface area contributed by atoms with Gasteiger partial charge in [0.2, 0.25) is 5.91 Å². The zero-order chi connectivity index (χ0) is 67.5. The number of rotatable bonds is 56. The van der Waals surface area contributed by atoms with Crippen LogP contribution < -0.4 is 5.32 Å². The maximum absolute atomic E-state index is 13.4. The van der Waals surface area contributed by atoms with Crippen molar-refractivity contribution >= 4 is 5.91 Å². The second-order valence-electron chi connectivity index (χ2n) is 26.0. The number of carbonyl (C=O) groups excluding carboxylic acids is 1. The molecular formula is C74H131NO18. The second-order valence-corrected chi connectivity index (χ2v) is 26.0. The molecule has 3 saturated heterocycles. The lowest BCUT2D eigenvalue weighted by Crippen LogP contribution is -2.66. The number of unbranched alkanes of at least 4 members (excludes halogenated alkanes) is 30. The SMILES string of the molecule is CCCCCCC/C=C\C/C=C\C/C=C\CCCCCCCCCCCCCCCCCCCCC(=O)NC(COC1OC(CO)C(OC2OC(CO)C(OC3OC(CO)C(O)C(O)C3O)C(O)C2O)C(O)C1O)C(O)/C=C/CC/C=C/CC/C=C/CCCCCCC. The minimum absolute atomic E-state index is 0.231. The number of aliphatic hydroxyl groups excluding tert-OH is 11. The number of nitrogens with one attached hydrogen (secondary N) is 1. The van der Waals surface area contributed by atoms with Crippen molar-refractivity contribution in [3.8, 4) is 0 Å². The van der Waals surface area contributed by atoms with E-state index in [-0.39, 0.29) is 18.9 Å². The van der Waals surface area contributed by atoms with Crippen LogP contribution in [0.2, 0.25) is 0 Å². The molecule has 3 rings (SSSR count). The molecule has 0 radical (unpaired) electrons. The molecule has 0 aromatic rings. The summed E-state index contributed by atoms with van der Waals surface area (Å²) in [5, 5.41) is 120. The summed E-state index contributed by atoms with van der Waals surface area (Å²) in [6.07, 6.45) is 43.2. The van der Waals surface area contributed by atoms with Crippen molar-refractivity contribution in [3.05, 3.63) is 72.9 Å². The molecule has 19 heteroatoms. The van der Waals surface area contributed by atoms with E-state index in [9.17, 15) is 61.0 Å². The van der Waals surface area contributed by atoms with E-state index in [4.69, 9.17) is 28.4 Å². The Morgan fingerprint density at radius 3 is 1.15 bits per heavy atom. The minimum atomic E-state index is -1.98. The summed E-state index contributed by atoms with van der Waals surface area (Å²) in [6, 6.07) is -0.998. The zero-order valence-corrected chi connectivity index (χ0v) is 57.2. The molecule has 0 aromatic heterocycles. The maximum atomic E-state index is 13.4. The van der Waals surface area contributed by atoms with Gasteiger partial charge >= 0.3 is 0 Å². The molecule has 93 heavy (non-hydrogen) atoms. The largest absolute Gasteiger partial charge is 0.394 e. The highest BCUT2D eigenvalue weighted by Gasteiger charge is 2.53. The van der Waals surface area contributed by atoms with Gasteiger partial charge in [-0.05, 0) is 83.5 Å². The molecule has 540 valence electrons. The molecule has 17 atom stereocenters. The normalized spacial score (nSPS) is 27.9. The van der Waals surface area contributed by atoms with Gasteiger partial charge in [0.25, 0.3) is 0 Å². The molecule has 0 spiro atoms. The van der Waals surface area contributed by atoms with Gasteiger partial charge in [0.1, 0.15) is 73.2 Å². The van der Waals surface area contributed by atoms with Gasteiger partial charge in [-0.1, -0.05) is 241 Å². The number of aliphatic hydroxyl groups is 11. The molecule has 3 aliphatic heterocycles. The fourth-order valence-electron chi connectivity index (χ4n) is 12.0. The van der Waals surface area contributed by atoms with Crippen molar-refractivity contribution in [2.75, 3.05) is 26.4 Å². The average molecular weight is 1320 g/mol. The van der Waals surface area contributed by atoms with E-state index in [1.165, 1.54) is 167 Å². The zero-order valence-electron chi connectivity index (χ0n) is 57.2. The van der Waals surface area contributed by atoms with Crippen molar-refractivity contribution < 1.29 is 89.4 Å². The monoisotopic (exact) mass is 1320 g/mol. The summed E-state index contributed by atoms with van der Waals surface area (Å²) in [6.45, 7) is 1.68. The van der Waals surface area contributed by atoms with E-state index in [0.29, 0.717) is 12.8 Å². The first-order valence-corrected chi connectivity index (χ1v) is 36.7. The summed E-state index contributed by atoms with van der Waals surface area (Å²) >= 11 is 0. The van der Waals surface area contributed by atoms with Crippen LogP contribution >= 0.6 is 0 Å². The van der Waals surface area contributed by atoms with Crippen LogP contribution in [0.1, 0.15) is 258 Å². The molecule has 3 fully saturated rings. The summed E-state index contributed by atoms with van der Waals surface area (Å²) < 4.78 is 34.3. The topological polar surface area (TPSA) is 307 Å². The molecule has 17 unspecified atom stereocenters. The van der Waals surface area contributed by atoms with Crippen molar-refractivity contribution in [2.24, 2.45) is 0 Å². The van der Waals surface area contributed by atoms with Crippen molar-refractivity contribution in [1.29, 1.82) is 0 Å². The second kappa shape index (κ2) is 55.1. The minimum Gasteiger partial charge on any atom is -0.394 e. The first kappa shape index (κ1) is 84.5. The number of allylic oxidation sites excluding steroid dienone is 11. The Bertz CT molecular complexity index is 1970. The lowest BCUT2D eigenvalue weighted by atomic mass is 9.96. The maximum Gasteiger partial charge on any atom is 0.220 e. The molecule has 3 heterocycles. The lowest BCUT2D eigenvalue weighted by Gasteiger charge is -2.48. The summed E-state index contributed by atoms with van der Waals surface area (Å²) in [5.41, 5.74) is 0. The highest BCUT2D eigenvalue weighted by atomic mass is 16.8. The Balaban J connectivity index is 1.37. The number of amides is 1. The molecule has 12 N–H and O–H groups in total. The van der Waals surface area contributed by atoms with Gasteiger partial charge in [0, 0.05) is 6.42 Å². The van der Waals surface area contributed by atoms with E-state index < -0.39 is 124 Å². The quantitative estimate of drug-likeness (QED) is 0.0199. The highest BCUT2D eigenvalue weighted by Crippen LogP contribution is 2.33. The summed E-state index contributed by atoms with van der Waals surface area (Å²) in [5.74, 6) is -0.290. The van der Waals surface area contributed by atoms with Crippen LogP contribution in [0.25, 0.3) is 0 Å². The van der Waals surface area contributed by atoms with Crippen LogP contribution in [-0.2, 0) is 33.2 Å². The molecule has 3 aliphatic rings. The average Bonchev–Trinajstić information content (AvgIpc) is 0.902. The van der Waals surface area contributed by atoms with Crippen molar-refractivity contribution in [2.45, 2.75) is 362 Å². The van der Waals surface area contributed by atoms with Gasteiger partial charge in [0.15, 0.2) is 18.9 Å². The Labute approximate surface area is 559 Å². The van der Waals surface area contributed by atoms with E-state index >= 15 is 0 Å². The summed E-state index contributed by atoms with van der Waals surface area (Å²) in [4.78, 5) is 13.4. The first-order valence-electron chi connectivity index (χ1n) is 36.7. The Hall–Kier alpha value is -2.77. The van der Waals surface area contributed by atoms with E-state index in [1.54, 1.807) is 6.08 Å². The smallest absolute Gasteiger partial charge is 0.220 e. The third-order valence-corrected chi connectivity index (χ3v) is 18.0. The molecule has 0 aliphatic carbocycles. The molecular weight excluding hydrogens is 1190 g/mol. The van der Waals surface area contributed by atoms with Crippen molar-refractivity contribution in [3.63, 3.8) is 0 Å². The fourth-order valence-corrected chi connectivity index (χ4v) is 12.0. The fraction of sp³-hybridized carbons (Fsp3) is 0.824. The number of hydrogen-bond donors (Lipinski definition) is 12. The Morgan fingerprint density at radius 2 is 0.720 bits per heavy atom. The van der Waals surface area contributed by atoms with Crippen LogP contribution in [0.5, 0.6) is 0 Å². The van der Waals surface area contributed by atoms with Crippen LogP contribution in [0.3, 0.4) is 0 Å². The first-order chi connectivity index (χ1) is 45.3. The Kier molecular flexibility index (Phi) is 50.1. The van der Waals surface area contributed by atoms with Crippen LogP contribution in [0, 0.1) is 0 Å². The van der Waals surface area contributed by atoms with Gasteiger partial charge in [-0.15, -0.1) is 0 Å². The number of ether oxygens (including phenoxy) is 6. The van der Waals surface area contributed by atoms with E-state index in [1.807, 2.05) is 6.08 Å². The third-order valence-electron chi connectivity index (χ3n) is 18.0. The van der Waals surface area contributed by atoms with Crippen LogP contribution in [-0.4, -0.2) is 193 Å². The molecule has 0 aromatic carbocycles. The number of hydrogen-bond acceptors (Lipinski definition) is 18. The lowest BCUT2D eigenvalue weighted by molar-refractivity contribution is -0.379. The summed E-state index contributed by atoms with van der Waals surface area (Å²) in [7, 11) is 0. The highest BCUT2D eigenvalue weighted by molar-refractivity contribution is 5.76. The van der Waals surface area contributed by atoms with E-state index in [2.05, 4.69) is 79.9 Å². The predicted octanol–water partition coefficient (Wildman–Crippen LogP) is 10.5.